The maximum Gasteiger partial charge on any atom is 0.490 e. The largest absolute Gasteiger partial charge is 0.490 e. The third-order valence-corrected chi connectivity index (χ3v) is 5.60. The van der Waals surface area contributed by atoms with Crippen molar-refractivity contribution in [3.05, 3.63) is 52.5 Å². The highest BCUT2D eigenvalue weighted by atomic mass is 32.1. The van der Waals surface area contributed by atoms with Crippen LogP contribution in [-0.2, 0) is 20.9 Å². The predicted molar refractivity (Wildman–Crippen MR) is 105 cm³/mol. The SMILES string of the molecule is O=C(O)C(F)(F)F.O=C(c1ccsc1)N1C[C@H](OCc2ccccn2)[C@H]2OCCC[C@H]21. The molecule has 3 atom stereocenters. The van der Waals surface area contributed by atoms with E-state index in [4.69, 9.17) is 19.4 Å². The molecule has 0 saturated carbocycles. The van der Waals surface area contributed by atoms with Gasteiger partial charge in [-0.3, -0.25) is 9.78 Å². The fraction of sp³-hybridized carbons (Fsp3) is 0.450. The van der Waals surface area contributed by atoms with Crippen molar-refractivity contribution in [2.24, 2.45) is 0 Å². The predicted octanol–water partition coefficient (Wildman–Crippen LogP) is 3.37. The Hall–Kier alpha value is -2.50. The van der Waals surface area contributed by atoms with Crippen molar-refractivity contribution in [3.63, 3.8) is 0 Å². The summed E-state index contributed by atoms with van der Waals surface area (Å²) >= 11 is 1.55. The Balaban J connectivity index is 0.000000339. The van der Waals surface area contributed by atoms with Crippen molar-refractivity contribution in [1.82, 2.24) is 9.88 Å². The number of carbonyl (C=O) groups is 2. The van der Waals surface area contributed by atoms with Gasteiger partial charge in [0.05, 0.1) is 30.5 Å². The number of hydrogen-bond acceptors (Lipinski definition) is 6. The van der Waals surface area contributed by atoms with Gasteiger partial charge in [0.1, 0.15) is 12.2 Å². The summed E-state index contributed by atoms with van der Waals surface area (Å²) in [4.78, 5) is 27.9. The number of nitrogens with zero attached hydrogens (tertiary/aromatic N) is 2. The second-order valence-corrected chi connectivity index (χ2v) is 7.77. The maximum absolute atomic E-state index is 12.8. The van der Waals surface area contributed by atoms with Crippen LogP contribution in [0.3, 0.4) is 0 Å². The van der Waals surface area contributed by atoms with Gasteiger partial charge in [-0.1, -0.05) is 6.07 Å². The van der Waals surface area contributed by atoms with Crippen molar-refractivity contribution in [2.75, 3.05) is 13.2 Å². The smallest absolute Gasteiger partial charge is 0.475 e. The average molecular weight is 458 g/mol. The minimum Gasteiger partial charge on any atom is -0.475 e. The molecule has 0 spiro atoms. The van der Waals surface area contributed by atoms with Gasteiger partial charge in [-0.2, -0.15) is 24.5 Å². The molecule has 2 aliphatic heterocycles. The van der Waals surface area contributed by atoms with E-state index in [9.17, 15) is 18.0 Å². The molecule has 4 rings (SSSR count). The fourth-order valence-electron chi connectivity index (χ4n) is 3.52. The van der Waals surface area contributed by atoms with Crippen LogP contribution >= 0.6 is 11.3 Å². The summed E-state index contributed by atoms with van der Waals surface area (Å²) in [6.07, 6.45) is -1.49. The first-order valence-corrected chi connectivity index (χ1v) is 10.5. The van der Waals surface area contributed by atoms with Crippen LogP contribution in [0.2, 0.25) is 0 Å². The molecule has 0 radical (unpaired) electrons. The van der Waals surface area contributed by atoms with Gasteiger partial charge in [0.15, 0.2) is 0 Å². The molecule has 4 heterocycles. The minimum atomic E-state index is -5.08. The zero-order valence-electron chi connectivity index (χ0n) is 16.3. The Kier molecular flexibility index (Phi) is 7.63. The number of likely N-dealkylation sites (tertiary alicyclic amines) is 1. The van der Waals surface area contributed by atoms with Crippen LogP contribution in [0, 0.1) is 0 Å². The number of thiophene rings is 1. The van der Waals surface area contributed by atoms with Crippen LogP contribution in [0.25, 0.3) is 0 Å². The third-order valence-electron chi connectivity index (χ3n) is 4.92. The molecular weight excluding hydrogens is 437 g/mol. The molecule has 0 aliphatic carbocycles. The van der Waals surface area contributed by atoms with Crippen molar-refractivity contribution >= 4 is 23.2 Å². The number of hydrogen-bond donors (Lipinski definition) is 1. The number of halogens is 3. The number of alkyl halides is 3. The quantitative estimate of drug-likeness (QED) is 0.756. The molecule has 31 heavy (non-hydrogen) atoms. The van der Waals surface area contributed by atoms with E-state index >= 15 is 0 Å². The summed E-state index contributed by atoms with van der Waals surface area (Å²) in [7, 11) is 0. The first kappa shape index (κ1) is 23.2. The second kappa shape index (κ2) is 10.2. The molecular formula is C20H21F3N2O5S. The van der Waals surface area contributed by atoms with Crippen LogP contribution in [0.5, 0.6) is 0 Å². The number of pyridine rings is 1. The van der Waals surface area contributed by atoms with Gasteiger partial charge in [-0.25, -0.2) is 4.79 Å². The van der Waals surface area contributed by atoms with Crippen molar-refractivity contribution < 1.29 is 37.3 Å². The summed E-state index contributed by atoms with van der Waals surface area (Å²) in [5.41, 5.74) is 1.65. The number of aliphatic carboxylic acids is 1. The lowest BCUT2D eigenvalue weighted by Crippen LogP contribution is -2.43. The van der Waals surface area contributed by atoms with E-state index < -0.39 is 12.1 Å². The molecule has 7 nitrogen and oxygen atoms in total. The highest BCUT2D eigenvalue weighted by Gasteiger charge is 2.46. The number of carbonyl (C=O) groups excluding carboxylic acids is 1. The van der Waals surface area contributed by atoms with Gasteiger partial charge in [0.2, 0.25) is 0 Å². The topological polar surface area (TPSA) is 89.0 Å². The molecule has 1 amide bonds. The van der Waals surface area contributed by atoms with Crippen LogP contribution in [0.1, 0.15) is 28.9 Å². The Morgan fingerprint density at radius 1 is 1.32 bits per heavy atom. The molecule has 0 bridgehead atoms. The first-order chi connectivity index (χ1) is 14.8. The monoisotopic (exact) mass is 458 g/mol. The van der Waals surface area contributed by atoms with Crippen molar-refractivity contribution in [1.29, 1.82) is 0 Å². The van der Waals surface area contributed by atoms with E-state index in [1.807, 2.05) is 39.9 Å². The summed E-state index contributed by atoms with van der Waals surface area (Å²) in [6.45, 7) is 1.76. The maximum atomic E-state index is 12.8. The molecule has 2 saturated heterocycles. The van der Waals surface area contributed by atoms with E-state index in [2.05, 4.69) is 4.98 Å². The number of amides is 1. The number of carboxylic acid groups (broad SMARTS) is 1. The second-order valence-electron chi connectivity index (χ2n) is 6.99. The Labute approximate surface area is 180 Å². The molecule has 2 aliphatic rings. The number of ether oxygens (including phenoxy) is 2. The normalized spacial score (nSPS) is 22.9. The van der Waals surface area contributed by atoms with Crippen molar-refractivity contribution in [3.8, 4) is 0 Å². The summed E-state index contributed by atoms with van der Waals surface area (Å²) in [5.74, 6) is -2.67. The van der Waals surface area contributed by atoms with Crippen LogP contribution in [-0.4, -0.2) is 64.4 Å². The van der Waals surface area contributed by atoms with Gasteiger partial charge in [-0.15, -0.1) is 0 Å². The van der Waals surface area contributed by atoms with E-state index in [1.54, 1.807) is 17.5 Å². The van der Waals surface area contributed by atoms with Gasteiger partial charge in [0.25, 0.3) is 5.91 Å². The summed E-state index contributed by atoms with van der Waals surface area (Å²) in [6, 6.07) is 7.78. The van der Waals surface area contributed by atoms with Gasteiger partial charge >= 0.3 is 12.1 Å². The number of fused-ring (bicyclic) bond motifs is 1. The van der Waals surface area contributed by atoms with E-state index in [0.29, 0.717) is 13.2 Å². The number of rotatable bonds is 4. The third kappa shape index (κ3) is 6.02. The molecule has 168 valence electrons. The average Bonchev–Trinajstić information content (AvgIpc) is 3.41. The zero-order valence-corrected chi connectivity index (χ0v) is 17.1. The molecule has 2 aromatic rings. The van der Waals surface area contributed by atoms with Crippen LogP contribution in [0.15, 0.2) is 41.2 Å². The lowest BCUT2D eigenvalue weighted by molar-refractivity contribution is -0.192. The molecule has 0 unspecified atom stereocenters. The van der Waals surface area contributed by atoms with E-state index in [1.165, 1.54) is 0 Å². The lowest BCUT2D eigenvalue weighted by Gasteiger charge is -2.32. The first-order valence-electron chi connectivity index (χ1n) is 9.53. The number of carboxylic acids is 1. The fourth-order valence-corrected chi connectivity index (χ4v) is 4.15. The molecule has 1 N–H and O–H groups in total. The Morgan fingerprint density at radius 2 is 2.10 bits per heavy atom. The lowest BCUT2D eigenvalue weighted by atomic mass is 10.0. The highest BCUT2D eigenvalue weighted by molar-refractivity contribution is 7.08. The van der Waals surface area contributed by atoms with Crippen LogP contribution < -0.4 is 0 Å². The van der Waals surface area contributed by atoms with Gasteiger partial charge in [0, 0.05) is 18.2 Å². The zero-order chi connectivity index (χ0) is 22.4. The summed E-state index contributed by atoms with van der Waals surface area (Å²) < 4.78 is 43.8. The molecule has 11 heteroatoms. The molecule has 2 fully saturated rings. The van der Waals surface area contributed by atoms with E-state index in [-0.39, 0.29) is 24.2 Å². The highest BCUT2D eigenvalue weighted by Crippen LogP contribution is 2.32. The van der Waals surface area contributed by atoms with Crippen LogP contribution in [0.4, 0.5) is 13.2 Å². The number of aromatic nitrogens is 1. The molecule has 2 aromatic heterocycles. The van der Waals surface area contributed by atoms with Crippen molar-refractivity contribution in [2.45, 2.75) is 43.9 Å². The standard InChI is InChI=1S/C18H20N2O3S.C2HF3O2/c21-18(13-6-9-24-12-13)20-10-16(17-15(20)5-3-8-22-17)23-11-14-4-1-2-7-19-14;3-2(4,5)1(6)7/h1-2,4,6-7,9,12,15-17H,3,5,8,10-11H2;(H,6,7)/t15-,16+,17+;/m1./s1. The minimum absolute atomic E-state index is 0.0370. The Morgan fingerprint density at radius 3 is 2.71 bits per heavy atom. The summed E-state index contributed by atoms with van der Waals surface area (Å²) in [5, 5.41) is 11.0. The Bertz CT molecular complexity index is 863. The van der Waals surface area contributed by atoms with Gasteiger partial charge < -0.3 is 19.5 Å². The van der Waals surface area contributed by atoms with Gasteiger partial charge in [-0.05, 0) is 36.4 Å². The molecule has 0 aromatic carbocycles. The van der Waals surface area contributed by atoms with E-state index in [0.717, 1.165) is 30.7 Å².